The monoisotopic (exact) mass is 402 g/mol. The quantitative estimate of drug-likeness (QED) is 0.517. The highest BCUT2D eigenvalue weighted by atomic mass is 19.4. The Morgan fingerprint density at radius 3 is 2.69 bits per heavy atom. The van der Waals surface area contributed by atoms with E-state index in [1.54, 1.807) is 12.1 Å². The van der Waals surface area contributed by atoms with Crippen LogP contribution in [-0.4, -0.2) is 18.9 Å². The van der Waals surface area contributed by atoms with E-state index in [1.165, 1.54) is 36.5 Å². The molecule has 0 atom stereocenters. The minimum atomic E-state index is -4.44. The lowest BCUT2D eigenvalue weighted by atomic mass is 10.1. The van der Waals surface area contributed by atoms with Crippen molar-refractivity contribution < 1.29 is 31.9 Å². The number of hydrazone groups is 1. The zero-order valence-electron chi connectivity index (χ0n) is 14.7. The number of halogens is 3. The highest BCUT2D eigenvalue weighted by Crippen LogP contribution is 2.33. The van der Waals surface area contributed by atoms with Gasteiger partial charge in [-0.3, -0.25) is 4.79 Å². The van der Waals surface area contributed by atoms with E-state index in [9.17, 15) is 18.0 Å². The lowest BCUT2D eigenvalue weighted by Gasteiger charge is -2.07. The maximum Gasteiger partial charge on any atom is 0.416 e. The Bertz CT molecular complexity index is 1090. The van der Waals surface area contributed by atoms with Gasteiger partial charge in [-0.05, 0) is 42.5 Å². The molecule has 0 unspecified atom stereocenters. The van der Waals surface area contributed by atoms with E-state index in [4.69, 9.17) is 13.9 Å². The van der Waals surface area contributed by atoms with Crippen molar-refractivity contribution in [3.05, 3.63) is 71.5 Å². The summed E-state index contributed by atoms with van der Waals surface area (Å²) in [6.45, 7) is 0.102. The van der Waals surface area contributed by atoms with Crippen LogP contribution >= 0.6 is 0 Å². The second-order valence-corrected chi connectivity index (χ2v) is 6.05. The van der Waals surface area contributed by atoms with E-state index in [2.05, 4.69) is 10.5 Å². The maximum atomic E-state index is 12.8. The number of alkyl halides is 3. The third kappa shape index (κ3) is 4.08. The number of fused-ring (bicyclic) bond motifs is 1. The van der Waals surface area contributed by atoms with Crippen molar-refractivity contribution in [2.75, 3.05) is 6.79 Å². The first-order valence-electron chi connectivity index (χ1n) is 8.41. The Kier molecular flexibility index (Phi) is 4.71. The number of ether oxygens (including phenoxy) is 2. The summed E-state index contributed by atoms with van der Waals surface area (Å²) in [5, 5.41) is 3.80. The molecule has 4 rings (SSSR count). The molecular formula is C20H13F3N2O4. The molecule has 1 N–H and O–H groups in total. The van der Waals surface area contributed by atoms with Gasteiger partial charge in [-0.25, -0.2) is 5.43 Å². The van der Waals surface area contributed by atoms with Gasteiger partial charge in [0.2, 0.25) is 6.79 Å². The molecule has 0 saturated heterocycles. The van der Waals surface area contributed by atoms with Gasteiger partial charge in [0.25, 0.3) is 5.91 Å². The third-order valence-corrected chi connectivity index (χ3v) is 4.09. The Hall–Kier alpha value is -3.75. The van der Waals surface area contributed by atoms with Crippen molar-refractivity contribution in [2.45, 2.75) is 6.18 Å². The van der Waals surface area contributed by atoms with Gasteiger partial charge in [-0.2, -0.15) is 18.3 Å². The summed E-state index contributed by atoms with van der Waals surface area (Å²) in [7, 11) is 0. The van der Waals surface area contributed by atoms with Crippen LogP contribution in [0.25, 0.3) is 11.3 Å². The second kappa shape index (κ2) is 7.34. The van der Waals surface area contributed by atoms with Crippen LogP contribution in [-0.2, 0) is 6.18 Å². The van der Waals surface area contributed by atoms with Crippen LogP contribution in [0.3, 0.4) is 0 Å². The molecule has 29 heavy (non-hydrogen) atoms. The summed E-state index contributed by atoms with van der Waals surface area (Å²) < 4.78 is 54.4. The molecule has 3 aromatic rings. The number of benzene rings is 2. The number of nitrogens with zero attached hydrogens (tertiary/aromatic N) is 1. The lowest BCUT2D eigenvalue weighted by molar-refractivity contribution is -0.137. The fourth-order valence-electron chi connectivity index (χ4n) is 2.68. The third-order valence-electron chi connectivity index (χ3n) is 4.09. The predicted octanol–water partition coefficient (Wildman–Crippen LogP) is 4.46. The first-order valence-corrected chi connectivity index (χ1v) is 8.41. The van der Waals surface area contributed by atoms with Crippen LogP contribution in [0.2, 0.25) is 0 Å². The predicted molar refractivity (Wildman–Crippen MR) is 96.8 cm³/mol. The molecule has 9 heteroatoms. The topological polar surface area (TPSA) is 73.1 Å². The van der Waals surface area contributed by atoms with Crippen molar-refractivity contribution in [3.63, 3.8) is 0 Å². The van der Waals surface area contributed by atoms with Crippen LogP contribution in [0, 0.1) is 0 Å². The molecule has 2 heterocycles. The largest absolute Gasteiger partial charge is 0.455 e. The van der Waals surface area contributed by atoms with Crippen molar-refractivity contribution in [3.8, 4) is 22.8 Å². The summed E-state index contributed by atoms with van der Waals surface area (Å²) in [5.74, 6) is 1.08. The number of carbonyl (C=O) groups is 1. The van der Waals surface area contributed by atoms with Gasteiger partial charge in [0.1, 0.15) is 11.5 Å². The van der Waals surface area contributed by atoms with Gasteiger partial charge in [0.15, 0.2) is 11.5 Å². The van der Waals surface area contributed by atoms with E-state index >= 15 is 0 Å². The SMILES string of the molecule is O=C(N/N=C\c1ccc(-c2cccc(C(F)(F)F)c2)o1)c1ccc2c(c1)OCO2. The molecule has 0 aliphatic carbocycles. The van der Waals surface area contributed by atoms with Crippen LogP contribution in [0.1, 0.15) is 21.7 Å². The highest BCUT2D eigenvalue weighted by molar-refractivity contribution is 5.95. The first kappa shape index (κ1) is 18.6. The summed E-state index contributed by atoms with van der Waals surface area (Å²) in [4.78, 5) is 12.1. The summed E-state index contributed by atoms with van der Waals surface area (Å²) in [6.07, 6.45) is -3.19. The molecule has 0 spiro atoms. The van der Waals surface area contributed by atoms with Crippen LogP contribution in [0.5, 0.6) is 11.5 Å². The van der Waals surface area contributed by atoms with Crippen molar-refractivity contribution in [1.29, 1.82) is 0 Å². The number of hydrogen-bond donors (Lipinski definition) is 1. The average Bonchev–Trinajstić information content (AvgIpc) is 3.36. The van der Waals surface area contributed by atoms with Crippen molar-refractivity contribution >= 4 is 12.1 Å². The summed E-state index contributed by atoms with van der Waals surface area (Å²) in [5.41, 5.74) is 2.19. The van der Waals surface area contributed by atoms with Gasteiger partial charge < -0.3 is 13.9 Å². The Labute approximate surface area is 162 Å². The fourth-order valence-corrected chi connectivity index (χ4v) is 2.68. The van der Waals surface area contributed by atoms with Crippen LogP contribution in [0.4, 0.5) is 13.2 Å². The number of nitrogens with one attached hydrogen (secondary N) is 1. The van der Waals surface area contributed by atoms with Gasteiger partial charge in [-0.15, -0.1) is 0 Å². The second-order valence-electron chi connectivity index (χ2n) is 6.05. The van der Waals surface area contributed by atoms with E-state index in [-0.39, 0.29) is 23.9 Å². The Morgan fingerprint density at radius 1 is 1.03 bits per heavy atom. The molecule has 0 radical (unpaired) electrons. The minimum Gasteiger partial charge on any atom is -0.455 e. The van der Waals surface area contributed by atoms with Gasteiger partial charge in [0, 0.05) is 11.1 Å². The van der Waals surface area contributed by atoms with E-state index in [1.807, 2.05) is 0 Å². The zero-order valence-corrected chi connectivity index (χ0v) is 14.7. The van der Waals surface area contributed by atoms with E-state index < -0.39 is 17.6 Å². The number of furan rings is 1. The summed E-state index contributed by atoms with van der Waals surface area (Å²) in [6, 6.07) is 12.6. The molecule has 0 bridgehead atoms. The van der Waals surface area contributed by atoms with Crippen LogP contribution in [0.15, 0.2) is 64.1 Å². The number of carbonyl (C=O) groups excluding carboxylic acids is 1. The molecule has 0 saturated carbocycles. The molecule has 1 aliphatic heterocycles. The van der Waals surface area contributed by atoms with E-state index in [0.717, 1.165) is 12.1 Å². The standard InChI is InChI=1S/C20H13F3N2O4/c21-20(22,23)14-3-1-2-12(8-14)16-7-5-15(29-16)10-24-25-19(26)13-4-6-17-18(9-13)28-11-27-17/h1-10H,11H2,(H,25,26)/b24-10-. The number of rotatable bonds is 4. The molecule has 1 aromatic heterocycles. The lowest BCUT2D eigenvalue weighted by Crippen LogP contribution is -2.17. The summed E-state index contributed by atoms with van der Waals surface area (Å²) >= 11 is 0. The highest BCUT2D eigenvalue weighted by Gasteiger charge is 2.30. The van der Waals surface area contributed by atoms with Crippen LogP contribution < -0.4 is 14.9 Å². The Morgan fingerprint density at radius 2 is 1.86 bits per heavy atom. The van der Waals surface area contributed by atoms with Crippen molar-refractivity contribution in [1.82, 2.24) is 5.43 Å². The molecule has 1 amide bonds. The molecule has 148 valence electrons. The first-order chi connectivity index (χ1) is 13.9. The van der Waals surface area contributed by atoms with Gasteiger partial charge >= 0.3 is 6.18 Å². The van der Waals surface area contributed by atoms with E-state index in [0.29, 0.717) is 17.1 Å². The fraction of sp³-hybridized carbons (Fsp3) is 0.100. The zero-order chi connectivity index (χ0) is 20.4. The molecular weight excluding hydrogens is 389 g/mol. The van der Waals surface area contributed by atoms with Crippen molar-refractivity contribution in [2.24, 2.45) is 5.10 Å². The average molecular weight is 402 g/mol. The van der Waals surface area contributed by atoms with Gasteiger partial charge in [-0.1, -0.05) is 12.1 Å². The van der Waals surface area contributed by atoms with Gasteiger partial charge in [0.05, 0.1) is 11.8 Å². The normalized spacial score (nSPS) is 13.1. The smallest absolute Gasteiger partial charge is 0.416 e. The number of hydrogen-bond acceptors (Lipinski definition) is 5. The molecule has 6 nitrogen and oxygen atoms in total. The minimum absolute atomic E-state index is 0.102. The number of amides is 1. The molecule has 0 fully saturated rings. The molecule has 2 aromatic carbocycles. The Balaban J connectivity index is 1.43. The molecule has 1 aliphatic rings. The maximum absolute atomic E-state index is 12.8.